The van der Waals surface area contributed by atoms with Crippen molar-refractivity contribution in [2.45, 2.75) is 46.0 Å². The monoisotopic (exact) mass is 335 g/mol. The maximum absolute atomic E-state index is 12.9. The summed E-state index contributed by atoms with van der Waals surface area (Å²) in [5.41, 5.74) is 4.42. The van der Waals surface area contributed by atoms with Gasteiger partial charge in [0, 0.05) is 11.9 Å². The molecule has 0 aliphatic rings. The van der Waals surface area contributed by atoms with Gasteiger partial charge in [-0.25, -0.2) is 4.98 Å². The topological polar surface area (TPSA) is 46.4 Å². The van der Waals surface area contributed by atoms with Gasteiger partial charge in [-0.1, -0.05) is 44.9 Å². The summed E-state index contributed by atoms with van der Waals surface area (Å²) in [7, 11) is 0. The Morgan fingerprint density at radius 2 is 1.84 bits per heavy atom. The van der Waals surface area contributed by atoms with E-state index in [1.165, 1.54) is 18.4 Å². The molecule has 1 N–H and O–H groups in total. The van der Waals surface area contributed by atoms with Gasteiger partial charge in [0.2, 0.25) is 0 Å². The lowest BCUT2D eigenvalue weighted by Gasteiger charge is -2.08. The van der Waals surface area contributed by atoms with E-state index in [1.54, 1.807) is 0 Å². The quantitative estimate of drug-likeness (QED) is 0.669. The fourth-order valence-electron chi connectivity index (χ4n) is 3.02. The minimum atomic E-state index is -0.108. The smallest absolute Gasteiger partial charge is 0.274 e. The van der Waals surface area contributed by atoms with Crippen LogP contribution in [0.2, 0.25) is 0 Å². The SMILES string of the molecule is CCCCc1ccc(NC(=O)c2c(CCC)nc3ccccn23)cc1. The Morgan fingerprint density at radius 1 is 1.04 bits per heavy atom. The molecule has 0 saturated heterocycles. The van der Waals surface area contributed by atoms with E-state index in [0.29, 0.717) is 5.69 Å². The largest absolute Gasteiger partial charge is 0.321 e. The van der Waals surface area contributed by atoms with Crippen LogP contribution < -0.4 is 5.32 Å². The molecule has 2 heterocycles. The lowest BCUT2D eigenvalue weighted by atomic mass is 10.1. The van der Waals surface area contributed by atoms with E-state index < -0.39 is 0 Å². The van der Waals surface area contributed by atoms with Crippen LogP contribution >= 0.6 is 0 Å². The number of unbranched alkanes of at least 4 members (excludes halogenated alkanes) is 1. The van der Waals surface area contributed by atoms with Gasteiger partial charge in [0.25, 0.3) is 5.91 Å². The Labute approximate surface area is 148 Å². The summed E-state index contributed by atoms with van der Waals surface area (Å²) >= 11 is 0. The van der Waals surface area contributed by atoms with Gasteiger partial charge in [0.1, 0.15) is 11.3 Å². The number of rotatable bonds is 7. The highest BCUT2D eigenvalue weighted by Crippen LogP contribution is 2.18. The van der Waals surface area contributed by atoms with Crippen molar-refractivity contribution in [3.8, 4) is 0 Å². The highest BCUT2D eigenvalue weighted by Gasteiger charge is 2.18. The second-order valence-electron chi connectivity index (χ2n) is 6.34. The predicted molar refractivity (Wildman–Crippen MR) is 102 cm³/mol. The lowest BCUT2D eigenvalue weighted by molar-refractivity contribution is 0.102. The van der Waals surface area contributed by atoms with Crippen LogP contribution in [-0.2, 0) is 12.8 Å². The van der Waals surface area contributed by atoms with Crippen molar-refractivity contribution in [1.29, 1.82) is 0 Å². The zero-order valence-electron chi connectivity index (χ0n) is 15.0. The van der Waals surface area contributed by atoms with Crippen molar-refractivity contribution < 1.29 is 4.79 Å². The van der Waals surface area contributed by atoms with E-state index in [9.17, 15) is 4.79 Å². The summed E-state index contributed by atoms with van der Waals surface area (Å²) in [6.07, 6.45) is 7.10. The van der Waals surface area contributed by atoms with E-state index in [0.717, 1.165) is 36.3 Å². The number of anilines is 1. The first-order valence-corrected chi connectivity index (χ1v) is 9.09. The summed E-state index contributed by atoms with van der Waals surface area (Å²) in [5.74, 6) is -0.108. The third kappa shape index (κ3) is 3.90. The first-order chi connectivity index (χ1) is 12.2. The molecule has 0 radical (unpaired) electrons. The highest BCUT2D eigenvalue weighted by atomic mass is 16.2. The van der Waals surface area contributed by atoms with Crippen LogP contribution in [0.5, 0.6) is 0 Å². The molecule has 0 spiro atoms. The molecule has 3 rings (SSSR count). The summed E-state index contributed by atoms with van der Waals surface area (Å²) in [4.78, 5) is 17.5. The molecule has 1 amide bonds. The van der Waals surface area contributed by atoms with Gasteiger partial charge in [-0.3, -0.25) is 9.20 Å². The number of aryl methyl sites for hydroxylation is 2. The first-order valence-electron chi connectivity index (χ1n) is 9.09. The number of pyridine rings is 1. The lowest BCUT2D eigenvalue weighted by Crippen LogP contribution is -2.16. The number of imidazole rings is 1. The minimum absolute atomic E-state index is 0.108. The van der Waals surface area contributed by atoms with E-state index >= 15 is 0 Å². The molecule has 0 fully saturated rings. The standard InChI is InChI=1S/C21H25N3O/c1-3-5-9-16-11-13-17(14-12-16)22-21(25)20-18(8-4-2)23-19-10-6-7-15-24(19)20/h6-7,10-15H,3-5,8-9H2,1-2H3,(H,22,25). The second kappa shape index (κ2) is 7.97. The van der Waals surface area contributed by atoms with Crippen molar-refractivity contribution in [1.82, 2.24) is 9.38 Å². The number of hydrogen-bond acceptors (Lipinski definition) is 2. The Morgan fingerprint density at radius 3 is 2.56 bits per heavy atom. The fraction of sp³-hybridized carbons (Fsp3) is 0.333. The van der Waals surface area contributed by atoms with Gasteiger partial charge >= 0.3 is 0 Å². The Balaban J connectivity index is 1.83. The van der Waals surface area contributed by atoms with Crippen LogP contribution in [0.3, 0.4) is 0 Å². The molecule has 0 aliphatic carbocycles. The molecule has 4 nitrogen and oxygen atoms in total. The van der Waals surface area contributed by atoms with Crippen LogP contribution in [0.4, 0.5) is 5.69 Å². The number of benzene rings is 1. The molecule has 130 valence electrons. The number of amides is 1. The number of carbonyl (C=O) groups is 1. The van der Waals surface area contributed by atoms with Crippen LogP contribution in [0.25, 0.3) is 5.65 Å². The predicted octanol–water partition coefficient (Wildman–Crippen LogP) is 4.88. The Bertz CT molecular complexity index is 849. The number of carbonyl (C=O) groups excluding carboxylic acids is 1. The molecule has 25 heavy (non-hydrogen) atoms. The molecule has 3 aromatic rings. The number of fused-ring (bicyclic) bond motifs is 1. The first kappa shape index (κ1) is 17.2. The summed E-state index contributed by atoms with van der Waals surface area (Å²) < 4.78 is 1.87. The molecule has 0 atom stereocenters. The molecular weight excluding hydrogens is 310 g/mol. The number of nitrogens with zero attached hydrogens (tertiary/aromatic N) is 2. The fourth-order valence-corrected chi connectivity index (χ4v) is 3.02. The molecule has 1 aromatic carbocycles. The van der Waals surface area contributed by atoms with E-state index in [-0.39, 0.29) is 5.91 Å². The van der Waals surface area contributed by atoms with Gasteiger partial charge < -0.3 is 5.32 Å². The maximum atomic E-state index is 12.9. The third-order valence-corrected chi connectivity index (χ3v) is 4.33. The van der Waals surface area contributed by atoms with E-state index in [1.807, 2.05) is 40.9 Å². The molecule has 2 aromatic heterocycles. The molecule has 0 bridgehead atoms. The van der Waals surface area contributed by atoms with E-state index in [4.69, 9.17) is 0 Å². The Hall–Kier alpha value is -2.62. The zero-order chi connectivity index (χ0) is 17.6. The number of nitrogens with one attached hydrogen (secondary N) is 1. The highest BCUT2D eigenvalue weighted by molar-refractivity contribution is 6.04. The molecule has 0 aliphatic heterocycles. The minimum Gasteiger partial charge on any atom is -0.321 e. The van der Waals surface area contributed by atoms with Crippen molar-refractivity contribution in [2.24, 2.45) is 0 Å². The average molecular weight is 335 g/mol. The normalized spacial score (nSPS) is 11.0. The number of aromatic nitrogens is 2. The third-order valence-electron chi connectivity index (χ3n) is 4.33. The Kier molecular flexibility index (Phi) is 5.49. The zero-order valence-corrected chi connectivity index (χ0v) is 15.0. The molecule has 0 unspecified atom stereocenters. The van der Waals surface area contributed by atoms with Crippen molar-refractivity contribution in [3.63, 3.8) is 0 Å². The maximum Gasteiger partial charge on any atom is 0.274 e. The van der Waals surface area contributed by atoms with Crippen molar-refractivity contribution in [2.75, 3.05) is 5.32 Å². The second-order valence-corrected chi connectivity index (χ2v) is 6.34. The van der Waals surface area contributed by atoms with Gasteiger partial charge in [0.05, 0.1) is 5.69 Å². The van der Waals surface area contributed by atoms with Crippen LogP contribution in [0, 0.1) is 0 Å². The van der Waals surface area contributed by atoms with Gasteiger partial charge in [-0.2, -0.15) is 0 Å². The van der Waals surface area contributed by atoms with Crippen LogP contribution in [0.1, 0.15) is 54.9 Å². The van der Waals surface area contributed by atoms with Crippen LogP contribution in [0.15, 0.2) is 48.7 Å². The van der Waals surface area contributed by atoms with Gasteiger partial charge in [0.15, 0.2) is 0 Å². The van der Waals surface area contributed by atoms with Crippen molar-refractivity contribution in [3.05, 3.63) is 65.6 Å². The summed E-state index contributed by atoms with van der Waals surface area (Å²) in [6, 6.07) is 13.9. The van der Waals surface area contributed by atoms with Gasteiger partial charge in [-0.05, 0) is 49.1 Å². The summed E-state index contributed by atoms with van der Waals surface area (Å²) in [6.45, 7) is 4.29. The molecular formula is C21H25N3O. The average Bonchev–Trinajstić information content (AvgIpc) is 2.99. The number of hydrogen-bond donors (Lipinski definition) is 1. The van der Waals surface area contributed by atoms with Crippen molar-refractivity contribution >= 4 is 17.2 Å². The van der Waals surface area contributed by atoms with Gasteiger partial charge in [-0.15, -0.1) is 0 Å². The van der Waals surface area contributed by atoms with E-state index in [2.05, 4.69) is 36.3 Å². The molecule has 4 heteroatoms. The molecule has 0 saturated carbocycles. The van der Waals surface area contributed by atoms with Crippen LogP contribution in [-0.4, -0.2) is 15.3 Å². The summed E-state index contributed by atoms with van der Waals surface area (Å²) in [5, 5.41) is 3.02.